The third-order valence-electron chi connectivity index (χ3n) is 7.44. The number of imidazole rings is 1. The number of piperidine rings is 2. The first-order valence-corrected chi connectivity index (χ1v) is 13.7. The summed E-state index contributed by atoms with van der Waals surface area (Å²) in [4.78, 5) is 17.8. The van der Waals surface area contributed by atoms with Gasteiger partial charge in [-0.25, -0.2) is 19.3 Å². The molecule has 0 aliphatic carbocycles. The van der Waals surface area contributed by atoms with Gasteiger partial charge >= 0.3 is 6.18 Å². The van der Waals surface area contributed by atoms with Crippen molar-refractivity contribution in [2.24, 2.45) is 0 Å². The fraction of sp³-hybridized carbons (Fsp3) is 0.500. The average molecular weight is 596 g/mol. The maximum atomic E-state index is 13.9. The molecular formula is C26H30BrF4N7. The molecule has 5 rings (SSSR count). The van der Waals surface area contributed by atoms with Crippen LogP contribution in [0.25, 0.3) is 11.3 Å². The van der Waals surface area contributed by atoms with E-state index < -0.39 is 17.6 Å². The van der Waals surface area contributed by atoms with E-state index in [4.69, 9.17) is 10.7 Å². The Kier molecular flexibility index (Phi) is 7.90. The Balaban J connectivity index is 1.40. The molecule has 0 radical (unpaired) electrons. The quantitative estimate of drug-likeness (QED) is 0.368. The van der Waals surface area contributed by atoms with Gasteiger partial charge in [0, 0.05) is 43.9 Å². The molecule has 204 valence electrons. The molecule has 0 bridgehead atoms. The summed E-state index contributed by atoms with van der Waals surface area (Å²) < 4.78 is 56.8. The number of alkyl halides is 3. The molecule has 4 heterocycles. The summed E-state index contributed by atoms with van der Waals surface area (Å²) in [6.07, 6.45) is 3.70. The highest BCUT2D eigenvalue weighted by atomic mass is 79.9. The topological polar surface area (TPSA) is 76.1 Å². The number of benzene rings is 1. The van der Waals surface area contributed by atoms with Crippen LogP contribution < -0.4 is 10.6 Å². The van der Waals surface area contributed by atoms with E-state index >= 15 is 0 Å². The van der Waals surface area contributed by atoms with Crippen LogP contribution in [-0.4, -0.2) is 57.1 Å². The Labute approximate surface area is 227 Å². The number of hydrogen-bond acceptors (Lipinski definition) is 6. The number of nitrogens with zero attached hydrogens (tertiary/aromatic N) is 6. The Morgan fingerprint density at radius 3 is 2.45 bits per heavy atom. The number of likely N-dealkylation sites (tertiary alicyclic amines) is 1. The number of anilines is 2. The fourth-order valence-electron chi connectivity index (χ4n) is 5.35. The van der Waals surface area contributed by atoms with E-state index in [2.05, 4.69) is 40.3 Å². The molecule has 0 amide bonds. The van der Waals surface area contributed by atoms with Crippen LogP contribution in [0.1, 0.15) is 49.4 Å². The minimum Gasteiger partial charge on any atom is -0.383 e. The van der Waals surface area contributed by atoms with E-state index in [1.807, 2.05) is 6.20 Å². The minimum atomic E-state index is -4.77. The van der Waals surface area contributed by atoms with Crippen molar-refractivity contribution in [1.82, 2.24) is 24.4 Å². The van der Waals surface area contributed by atoms with Gasteiger partial charge in [-0.3, -0.25) is 0 Å². The van der Waals surface area contributed by atoms with Crippen LogP contribution in [0.3, 0.4) is 0 Å². The van der Waals surface area contributed by atoms with Crippen molar-refractivity contribution >= 4 is 27.6 Å². The van der Waals surface area contributed by atoms with Gasteiger partial charge in [-0.15, -0.1) is 0 Å². The van der Waals surface area contributed by atoms with E-state index in [-0.39, 0.29) is 11.5 Å². The molecule has 2 saturated heterocycles. The normalized spacial score (nSPS) is 17.8. The van der Waals surface area contributed by atoms with Gasteiger partial charge in [0.15, 0.2) is 0 Å². The van der Waals surface area contributed by atoms with E-state index in [0.717, 1.165) is 69.3 Å². The molecule has 0 spiro atoms. The lowest BCUT2D eigenvalue weighted by Gasteiger charge is -2.33. The maximum Gasteiger partial charge on any atom is 0.419 e. The van der Waals surface area contributed by atoms with Crippen LogP contribution in [0.5, 0.6) is 0 Å². The third kappa shape index (κ3) is 5.80. The molecule has 12 heteroatoms. The van der Waals surface area contributed by atoms with Gasteiger partial charge in [0.2, 0.25) is 0 Å². The first kappa shape index (κ1) is 26.9. The zero-order chi connectivity index (χ0) is 26.9. The Hall–Kier alpha value is -2.73. The summed E-state index contributed by atoms with van der Waals surface area (Å²) in [5.41, 5.74) is 5.34. The Morgan fingerprint density at radius 2 is 1.74 bits per heavy atom. The highest BCUT2D eigenvalue weighted by Gasteiger charge is 2.35. The number of rotatable bonds is 6. The SMILES string of the molecule is Nc1ncnc(N2CCC(c3nc(-c4ccc(F)c(C(F)(F)F)c4)cn3CCN3CCCCC3)CC2)c1Br. The molecular weight excluding hydrogens is 566 g/mol. The second-order valence-corrected chi connectivity index (χ2v) is 10.7. The van der Waals surface area contributed by atoms with E-state index in [9.17, 15) is 17.6 Å². The molecule has 1 aromatic carbocycles. The smallest absolute Gasteiger partial charge is 0.383 e. The molecule has 2 N–H and O–H groups in total. The maximum absolute atomic E-state index is 13.9. The molecule has 2 fully saturated rings. The molecule has 0 saturated carbocycles. The van der Waals surface area contributed by atoms with Crippen molar-refractivity contribution in [3.63, 3.8) is 0 Å². The predicted octanol–water partition coefficient (Wildman–Crippen LogP) is 5.71. The predicted molar refractivity (Wildman–Crippen MR) is 141 cm³/mol. The van der Waals surface area contributed by atoms with Crippen molar-refractivity contribution in [2.75, 3.05) is 43.4 Å². The highest BCUT2D eigenvalue weighted by Crippen LogP contribution is 2.37. The lowest BCUT2D eigenvalue weighted by Crippen LogP contribution is -2.35. The van der Waals surface area contributed by atoms with E-state index in [1.165, 1.54) is 31.7 Å². The molecule has 0 atom stereocenters. The van der Waals surface area contributed by atoms with Crippen molar-refractivity contribution in [1.29, 1.82) is 0 Å². The van der Waals surface area contributed by atoms with Gasteiger partial charge in [-0.1, -0.05) is 6.42 Å². The zero-order valence-corrected chi connectivity index (χ0v) is 22.5. The number of nitrogens with two attached hydrogens (primary N) is 1. The summed E-state index contributed by atoms with van der Waals surface area (Å²) in [6, 6.07) is 3.09. The fourth-order valence-corrected chi connectivity index (χ4v) is 5.81. The van der Waals surface area contributed by atoms with Crippen molar-refractivity contribution in [3.8, 4) is 11.3 Å². The van der Waals surface area contributed by atoms with E-state index in [1.54, 1.807) is 0 Å². The summed E-state index contributed by atoms with van der Waals surface area (Å²) in [6.45, 7) is 5.11. The number of nitrogen functional groups attached to an aromatic ring is 1. The number of aromatic nitrogens is 4. The van der Waals surface area contributed by atoms with Crippen LogP contribution in [0, 0.1) is 5.82 Å². The van der Waals surface area contributed by atoms with Gasteiger partial charge in [-0.05, 0) is 72.9 Å². The molecule has 38 heavy (non-hydrogen) atoms. The van der Waals surface area contributed by atoms with Crippen LogP contribution in [0.2, 0.25) is 0 Å². The lowest BCUT2D eigenvalue weighted by molar-refractivity contribution is -0.139. The van der Waals surface area contributed by atoms with Gasteiger partial charge in [0.25, 0.3) is 0 Å². The van der Waals surface area contributed by atoms with Crippen LogP contribution in [-0.2, 0) is 12.7 Å². The monoisotopic (exact) mass is 595 g/mol. The van der Waals surface area contributed by atoms with Crippen LogP contribution in [0.15, 0.2) is 35.2 Å². The van der Waals surface area contributed by atoms with Gasteiger partial charge in [0.05, 0.1) is 11.3 Å². The first-order chi connectivity index (χ1) is 18.2. The van der Waals surface area contributed by atoms with Crippen LogP contribution >= 0.6 is 15.9 Å². The molecule has 7 nitrogen and oxygen atoms in total. The standard InChI is InChI=1S/C26H30BrF4N7/c27-22-23(32)33-16-34-25(22)37-10-6-17(7-11-37)24-35-21(15-38(24)13-12-36-8-2-1-3-9-36)18-4-5-20(28)19(14-18)26(29,30)31/h4-5,14-17H,1-3,6-13H2,(H2,32,33,34). The third-order valence-corrected chi connectivity index (χ3v) is 8.20. The minimum absolute atomic E-state index is 0.127. The molecule has 2 aliphatic rings. The average Bonchev–Trinajstić information content (AvgIpc) is 3.34. The van der Waals surface area contributed by atoms with Crippen LogP contribution in [0.4, 0.5) is 29.2 Å². The van der Waals surface area contributed by atoms with E-state index in [0.29, 0.717) is 22.5 Å². The number of halogens is 5. The van der Waals surface area contributed by atoms with Gasteiger partial charge in [-0.2, -0.15) is 13.2 Å². The van der Waals surface area contributed by atoms with Crippen molar-refractivity contribution in [3.05, 3.63) is 52.4 Å². The largest absolute Gasteiger partial charge is 0.419 e. The zero-order valence-electron chi connectivity index (χ0n) is 20.9. The molecule has 3 aromatic rings. The number of hydrogen-bond donors (Lipinski definition) is 1. The second-order valence-electron chi connectivity index (χ2n) is 9.93. The van der Waals surface area contributed by atoms with Gasteiger partial charge in [0.1, 0.15) is 34.1 Å². The lowest BCUT2D eigenvalue weighted by atomic mass is 9.96. The second kappa shape index (κ2) is 11.2. The molecule has 2 aromatic heterocycles. The summed E-state index contributed by atoms with van der Waals surface area (Å²) in [5.74, 6) is 0.830. The Morgan fingerprint density at radius 1 is 1.00 bits per heavy atom. The molecule has 0 unspecified atom stereocenters. The Bertz CT molecular complexity index is 1260. The van der Waals surface area contributed by atoms with Crippen molar-refractivity contribution < 1.29 is 17.6 Å². The highest BCUT2D eigenvalue weighted by molar-refractivity contribution is 9.10. The summed E-state index contributed by atoms with van der Waals surface area (Å²) in [7, 11) is 0. The van der Waals surface area contributed by atoms with Gasteiger partial charge < -0.3 is 20.1 Å². The first-order valence-electron chi connectivity index (χ1n) is 12.9. The summed E-state index contributed by atoms with van der Waals surface area (Å²) >= 11 is 3.48. The van der Waals surface area contributed by atoms with Crippen molar-refractivity contribution in [2.45, 2.75) is 50.7 Å². The summed E-state index contributed by atoms with van der Waals surface area (Å²) in [5, 5.41) is 0. The molecule has 2 aliphatic heterocycles.